The summed E-state index contributed by atoms with van der Waals surface area (Å²) in [7, 11) is 0. The number of carbonyl (C=O) groups excluding carboxylic acids is 1. The highest BCUT2D eigenvalue weighted by molar-refractivity contribution is 5.92. The van der Waals surface area contributed by atoms with Crippen LogP contribution >= 0.6 is 0 Å². The molecule has 0 aromatic heterocycles. The largest absolute Gasteiger partial charge is 0.508 e. The molecule has 3 N–H and O–H groups in total. The monoisotopic (exact) mass is 219 g/mol. The van der Waals surface area contributed by atoms with E-state index < -0.39 is 0 Å². The van der Waals surface area contributed by atoms with Crippen LogP contribution in [0, 0.1) is 0 Å². The van der Waals surface area contributed by atoms with Crippen molar-refractivity contribution in [2.24, 2.45) is 0 Å². The Hall–Kier alpha value is -2.23. The topological polar surface area (TPSA) is 69.6 Å². The third kappa shape index (κ3) is 3.49. The van der Waals surface area contributed by atoms with Crippen molar-refractivity contribution in [3.8, 4) is 11.5 Å². The average Bonchev–Trinajstić information content (AvgIpc) is 2.25. The fraction of sp³-hybridized carbons (Fsp3) is 0.0833. The van der Waals surface area contributed by atoms with Gasteiger partial charge in [-0.3, -0.25) is 4.79 Å². The van der Waals surface area contributed by atoms with Gasteiger partial charge in [-0.15, -0.1) is 6.58 Å². The number of carbonyl (C=O) groups is 1. The molecule has 0 heterocycles. The van der Waals surface area contributed by atoms with Crippen LogP contribution in [0.5, 0.6) is 11.5 Å². The third-order valence-corrected chi connectivity index (χ3v) is 1.85. The first-order valence-corrected chi connectivity index (χ1v) is 4.72. The number of phenolic OH excluding ortho intramolecular Hbond substituents is 2. The first-order chi connectivity index (χ1) is 7.63. The lowest BCUT2D eigenvalue weighted by atomic mass is 10.2. The standard InChI is InChI=1S/C12H13NO3/c1-2-7-13-12(16)6-4-9-3-5-10(14)8-11(9)15/h2-6,8,14-15H,1,7H2,(H,13,16)/b6-4+. The fourth-order valence-corrected chi connectivity index (χ4v) is 1.07. The van der Waals surface area contributed by atoms with Crippen molar-refractivity contribution >= 4 is 12.0 Å². The summed E-state index contributed by atoms with van der Waals surface area (Å²) in [4.78, 5) is 11.2. The van der Waals surface area contributed by atoms with Crippen molar-refractivity contribution in [1.82, 2.24) is 5.32 Å². The van der Waals surface area contributed by atoms with E-state index in [0.717, 1.165) is 0 Å². The Balaban J connectivity index is 2.68. The van der Waals surface area contributed by atoms with Crippen molar-refractivity contribution in [3.63, 3.8) is 0 Å². The number of benzene rings is 1. The predicted octanol–water partition coefficient (Wildman–Crippen LogP) is 1.41. The zero-order valence-electron chi connectivity index (χ0n) is 8.68. The second-order valence-corrected chi connectivity index (χ2v) is 3.11. The molecule has 4 nitrogen and oxygen atoms in total. The lowest BCUT2D eigenvalue weighted by Gasteiger charge is -1.99. The summed E-state index contributed by atoms with van der Waals surface area (Å²) in [6.07, 6.45) is 4.34. The molecule has 1 aromatic rings. The summed E-state index contributed by atoms with van der Waals surface area (Å²) in [5, 5.41) is 21.0. The molecule has 84 valence electrons. The molecule has 0 atom stereocenters. The molecule has 0 spiro atoms. The van der Waals surface area contributed by atoms with Crippen LogP contribution in [0.1, 0.15) is 5.56 Å². The van der Waals surface area contributed by atoms with E-state index in [4.69, 9.17) is 5.11 Å². The molecule has 0 unspecified atom stereocenters. The van der Waals surface area contributed by atoms with Gasteiger partial charge in [0.15, 0.2) is 0 Å². The van der Waals surface area contributed by atoms with Gasteiger partial charge >= 0.3 is 0 Å². The highest BCUT2D eigenvalue weighted by Gasteiger charge is 1.99. The second-order valence-electron chi connectivity index (χ2n) is 3.11. The van der Waals surface area contributed by atoms with Gasteiger partial charge in [-0.05, 0) is 18.2 Å². The van der Waals surface area contributed by atoms with Crippen LogP contribution in [-0.2, 0) is 4.79 Å². The quantitative estimate of drug-likeness (QED) is 0.529. The SMILES string of the molecule is C=CCNC(=O)/C=C/c1ccc(O)cc1O. The first kappa shape index (κ1) is 11.8. The van der Waals surface area contributed by atoms with Gasteiger partial charge < -0.3 is 15.5 Å². The van der Waals surface area contributed by atoms with E-state index in [9.17, 15) is 9.90 Å². The maximum atomic E-state index is 11.2. The molecule has 16 heavy (non-hydrogen) atoms. The Bertz CT molecular complexity index is 424. The molecule has 0 aliphatic heterocycles. The van der Waals surface area contributed by atoms with Gasteiger partial charge in [0, 0.05) is 24.3 Å². The summed E-state index contributed by atoms with van der Waals surface area (Å²) >= 11 is 0. The summed E-state index contributed by atoms with van der Waals surface area (Å²) in [5.74, 6) is -0.370. The van der Waals surface area contributed by atoms with Gasteiger partial charge in [0.2, 0.25) is 5.91 Å². The number of aromatic hydroxyl groups is 2. The molecular formula is C12H13NO3. The lowest BCUT2D eigenvalue weighted by molar-refractivity contribution is -0.116. The summed E-state index contributed by atoms with van der Waals surface area (Å²) in [6.45, 7) is 3.86. The van der Waals surface area contributed by atoms with Crippen molar-refractivity contribution in [2.45, 2.75) is 0 Å². The number of rotatable bonds is 4. The van der Waals surface area contributed by atoms with Crippen LogP contribution in [0.3, 0.4) is 0 Å². The van der Waals surface area contributed by atoms with Crippen molar-refractivity contribution in [2.75, 3.05) is 6.54 Å². The smallest absolute Gasteiger partial charge is 0.244 e. The number of phenols is 2. The minimum Gasteiger partial charge on any atom is -0.508 e. The Labute approximate surface area is 93.5 Å². The molecule has 1 aromatic carbocycles. The second kappa shape index (κ2) is 5.60. The van der Waals surface area contributed by atoms with Gasteiger partial charge in [-0.2, -0.15) is 0 Å². The van der Waals surface area contributed by atoms with Crippen LogP contribution in [-0.4, -0.2) is 22.7 Å². The Morgan fingerprint density at radius 3 is 2.81 bits per heavy atom. The zero-order valence-corrected chi connectivity index (χ0v) is 8.68. The van der Waals surface area contributed by atoms with Gasteiger partial charge in [-0.1, -0.05) is 6.08 Å². The number of hydrogen-bond acceptors (Lipinski definition) is 3. The van der Waals surface area contributed by atoms with Gasteiger partial charge in [0.25, 0.3) is 0 Å². The Morgan fingerprint density at radius 2 is 2.19 bits per heavy atom. The van der Waals surface area contributed by atoms with Crippen LogP contribution in [0.25, 0.3) is 6.08 Å². The molecule has 0 fully saturated rings. The zero-order chi connectivity index (χ0) is 12.0. The minimum absolute atomic E-state index is 0.0224. The van der Waals surface area contributed by atoms with Crippen molar-refractivity contribution < 1.29 is 15.0 Å². The molecule has 0 bridgehead atoms. The molecule has 0 saturated heterocycles. The minimum atomic E-state index is -0.271. The van der Waals surface area contributed by atoms with Gasteiger partial charge in [0.05, 0.1) is 0 Å². The maximum absolute atomic E-state index is 11.2. The molecule has 0 saturated carbocycles. The van der Waals surface area contributed by atoms with Gasteiger partial charge in [-0.25, -0.2) is 0 Å². The molecule has 4 heteroatoms. The summed E-state index contributed by atoms with van der Waals surface area (Å²) < 4.78 is 0. The van der Waals surface area contributed by atoms with E-state index in [1.165, 1.54) is 30.4 Å². The molecule has 0 aliphatic carbocycles. The van der Waals surface area contributed by atoms with Crippen LogP contribution in [0.2, 0.25) is 0 Å². The molecule has 0 aliphatic rings. The van der Waals surface area contributed by atoms with Crippen molar-refractivity contribution in [3.05, 3.63) is 42.5 Å². The highest BCUT2D eigenvalue weighted by atomic mass is 16.3. The molecule has 1 rings (SSSR count). The van der Waals surface area contributed by atoms with E-state index in [2.05, 4.69) is 11.9 Å². The van der Waals surface area contributed by atoms with Crippen LogP contribution in [0.15, 0.2) is 36.9 Å². The Morgan fingerprint density at radius 1 is 1.44 bits per heavy atom. The summed E-state index contributed by atoms with van der Waals surface area (Å²) in [5.41, 5.74) is 0.464. The molecule has 1 amide bonds. The lowest BCUT2D eigenvalue weighted by Crippen LogP contribution is -2.20. The predicted molar refractivity (Wildman–Crippen MR) is 62.0 cm³/mol. The normalized spacial score (nSPS) is 10.2. The summed E-state index contributed by atoms with van der Waals surface area (Å²) in [6, 6.07) is 4.16. The van der Waals surface area contributed by atoms with E-state index in [1.54, 1.807) is 6.08 Å². The molecule has 0 radical (unpaired) electrons. The van der Waals surface area contributed by atoms with E-state index in [-0.39, 0.29) is 17.4 Å². The molecular weight excluding hydrogens is 206 g/mol. The van der Waals surface area contributed by atoms with Crippen molar-refractivity contribution in [1.29, 1.82) is 0 Å². The number of amides is 1. The highest BCUT2D eigenvalue weighted by Crippen LogP contribution is 2.23. The van der Waals surface area contributed by atoms with E-state index >= 15 is 0 Å². The van der Waals surface area contributed by atoms with Crippen LogP contribution < -0.4 is 5.32 Å². The van der Waals surface area contributed by atoms with E-state index in [0.29, 0.717) is 12.1 Å². The van der Waals surface area contributed by atoms with Crippen LogP contribution in [0.4, 0.5) is 0 Å². The average molecular weight is 219 g/mol. The third-order valence-electron chi connectivity index (χ3n) is 1.85. The van der Waals surface area contributed by atoms with Gasteiger partial charge in [0.1, 0.15) is 11.5 Å². The number of nitrogens with one attached hydrogen (secondary N) is 1. The maximum Gasteiger partial charge on any atom is 0.244 e. The first-order valence-electron chi connectivity index (χ1n) is 4.72. The number of hydrogen-bond donors (Lipinski definition) is 3. The van der Waals surface area contributed by atoms with E-state index in [1.807, 2.05) is 0 Å². The fourth-order valence-electron chi connectivity index (χ4n) is 1.07. The Kier molecular flexibility index (Phi) is 4.15.